The molecule has 2 aromatic rings. The number of carbonyl (C=O) groups is 2. The summed E-state index contributed by atoms with van der Waals surface area (Å²) in [5, 5.41) is 12.5. The van der Waals surface area contributed by atoms with Crippen LogP contribution >= 0.6 is 0 Å². The van der Waals surface area contributed by atoms with Gasteiger partial charge in [0.25, 0.3) is 11.7 Å². The molecule has 1 aromatic carbocycles. The number of amides is 2. The van der Waals surface area contributed by atoms with Crippen LogP contribution in [0.4, 0.5) is 19.0 Å². The Balaban J connectivity index is 1.37. The average Bonchev–Trinajstić information content (AvgIpc) is 3.25. The van der Waals surface area contributed by atoms with Crippen molar-refractivity contribution in [2.45, 2.75) is 44.9 Å². The fraction of sp³-hybridized carbons (Fsp3) is 0.345. The third-order valence-electron chi connectivity index (χ3n) is 7.30. The van der Waals surface area contributed by atoms with Crippen molar-refractivity contribution in [3.8, 4) is 0 Å². The molecular weight excluding hydrogens is 551 g/mol. The van der Waals surface area contributed by atoms with Gasteiger partial charge in [-0.3, -0.25) is 14.6 Å². The molecule has 1 aromatic heterocycles. The first-order chi connectivity index (χ1) is 19.7. The van der Waals surface area contributed by atoms with Crippen LogP contribution < -0.4 is 11.2 Å². The standard InChI is InChI=1S/C29H30F3N7O3/c1-28(2,42)15-24(40)38-12-3-4-20(17-38)25-22-16-34-11-13-39(22,33)26(37-25)18-5-7-19(8-6-18)27(41)36-23-14-21(9-10-35-23)29(30,31)32/h5-11,13-14,16,20,42H,3-4,12,15,17,33H2,1-2H3/p+1. The van der Waals surface area contributed by atoms with E-state index in [0.29, 0.717) is 30.2 Å². The number of carbonyl (C=O) groups excluding carboxylic acids is 2. The number of hydrogen-bond acceptors (Lipinski definition) is 7. The molecule has 3 aliphatic heterocycles. The monoisotopic (exact) mass is 582 g/mol. The number of fused-ring (bicyclic) bond motifs is 1. The fourth-order valence-corrected chi connectivity index (χ4v) is 5.25. The number of aliphatic imine (C=N–C) groups is 2. The summed E-state index contributed by atoms with van der Waals surface area (Å²) in [5.41, 5.74) is 0.202. The summed E-state index contributed by atoms with van der Waals surface area (Å²) in [6.45, 7) is 4.24. The first-order valence-corrected chi connectivity index (χ1v) is 13.4. The van der Waals surface area contributed by atoms with Crippen LogP contribution in [-0.4, -0.2) is 62.1 Å². The minimum atomic E-state index is -4.56. The summed E-state index contributed by atoms with van der Waals surface area (Å²) in [5.74, 6) is 6.27. The van der Waals surface area contributed by atoms with E-state index in [1.165, 1.54) is 12.1 Å². The largest absolute Gasteiger partial charge is 0.416 e. The lowest BCUT2D eigenvalue weighted by Gasteiger charge is -2.34. The number of nitrogens with zero attached hydrogens (tertiary/aromatic N) is 5. The second-order valence-electron chi connectivity index (χ2n) is 11.2. The number of hydrogen-bond donors (Lipinski definition) is 3. The minimum absolute atomic E-state index is 0.0188. The quantitative estimate of drug-likeness (QED) is 0.350. The highest BCUT2D eigenvalue weighted by Gasteiger charge is 2.46. The van der Waals surface area contributed by atoms with E-state index in [9.17, 15) is 27.9 Å². The SMILES string of the molecule is CC(C)(O)CC(=O)N1CCCC(C2=C3C=NC=C[N+]3(N)C(c3ccc(C(=O)Nc4cc(C(F)(F)F)ccn4)cc3)=N2)C1. The summed E-state index contributed by atoms with van der Waals surface area (Å²) >= 11 is 0. The molecule has 42 heavy (non-hydrogen) atoms. The molecule has 0 aliphatic carbocycles. The van der Waals surface area contributed by atoms with Crippen molar-refractivity contribution in [2.24, 2.45) is 21.7 Å². The zero-order valence-electron chi connectivity index (χ0n) is 23.1. The van der Waals surface area contributed by atoms with Crippen molar-refractivity contribution < 1.29 is 32.5 Å². The van der Waals surface area contributed by atoms with E-state index >= 15 is 0 Å². The number of nitrogens with two attached hydrogens (primary N) is 1. The van der Waals surface area contributed by atoms with Crippen molar-refractivity contribution in [1.82, 2.24) is 9.88 Å². The Hall–Kier alpha value is -4.20. The number of rotatable bonds is 6. The lowest BCUT2D eigenvalue weighted by Crippen LogP contribution is -2.53. The number of benzene rings is 1. The lowest BCUT2D eigenvalue weighted by atomic mass is 9.92. The number of anilines is 1. The molecule has 1 fully saturated rings. The maximum Gasteiger partial charge on any atom is 0.416 e. The first kappa shape index (κ1) is 29.3. The van der Waals surface area contributed by atoms with Crippen molar-refractivity contribution in [3.05, 3.63) is 83.1 Å². The van der Waals surface area contributed by atoms with E-state index in [4.69, 9.17) is 10.8 Å². The van der Waals surface area contributed by atoms with E-state index in [2.05, 4.69) is 15.3 Å². The summed E-state index contributed by atoms with van der Waals surface area (Å²) < 4.78 is 38.8. The number of quaternary nitrogens is 1. The number of alkyl halides is 3. The molecule has 4 N–H and O–H groups in total. The number of allylic oxidation sites excluding steroid dienone is 1. The third-order valence-corrected chi connectivity index (χ3v) is 7.30. The van der Waals surface area contributed by atoms with Crippen LogP contribution in [-0.2, 0) is 11.0 Å². The van der Waals surface area contributed by atoms with Crippen LogP contribution in [0.2, 0.25) is 0 Å². The highest BCUT2D eigenvalue weighted by Crippen LogP contribution is 2.38. The van der Waals surface area contributed by atoms with Crippen molar-refractivity contribution in [1.29, 1.82) is 0 Å². The van der Waals surface area contributed by atoms with Crippen molar-refractivity contribution in [3.63, 3.8) is 0 Å². The van der Waals surface area contributed by atoms with Crippen molar-refractivity contribution in [2.75, 3.05) is 18.4 Å². The third kappa shape index (κ3) is 6.03. The van der Waals surface area contributed by atoms with Crippen molar-refractivity contribution >= 4 is 29.7 Å². The molecule has 2 unspecified atom stereocenters. The molecule has 3 aliphatic rings. The van der Waals surface area contributed by atoms with E-state index in [-0.39, 0.29) is 34.2 Å². The van der Waals surface area contributed by atoms with Gasteiger partial charge in [0.1, 0.15) is 17.7 Å². The number of nitrogens with one attached hydrogen (secondary N) is 1. The molecule has 2 amide bonds. The predicted octanol–water partition coefficient (Wildman–Crippen LogP) is 3.97. The Labute approximate surface area is 240 Å². The zero-order chi connectivity index (χ0) is 30.3. The summed E-state index contributed by atoms with van der Waals surface area (Å²) in [4.78, 5) is 40.3. The normalized spacial score (nSPS) is 22.2. The molecule has 1 saturated heterocycles. The van der Waals surface area contributed by atoms with Crippen LogP contribution in [0.15, 0.2) is 76.4 Å². The minimum Gasteiger partial charge on any atom is -0.390 e. The van der Waals surface area contributed by atoms with Gasteiger partial charge in [0.15, 0.2) is 0 Å². The number of amidine groups is 1. The maximum atomic E-state index is 13.0. The Bertz CT molecular complexity index is 1520. The number of pyridine rings is 1. The molecule has 220 valence electrons. The second-order valence-corrected chi connectivity index (χ2v) is 11.2. The van der Waals surface area contributed by atoms with Gasteiger partial charge in [-0.05, 0) is 63.1 Å². The van der Waals surface area contributed by atoms with E-state index in [0.717, 1.165) is 36.9 Å². The molecule has 0 saturated carbocycles. The highest BCUT2D eigenvalue weighted by molar-refractivity contribution is 6.05. The molecule has 5 rings (SSSR count). The fourth-order valence-electron chi connectivity index (χ4n) is 5.25. The van der Waals surface area contributed by atoms with E-state index in [1.54, 1.807) is 49.5 Å². The Morgan fingerprint density at radius 1 is 1.19 bits per heavy atom. The summed E-state index contributed by atoms with van der Waals surface area (Å²) in [7, 11) is 0. The van der Waals surface area contributed by atoms with Gasteiger partial charge in [0.05, 0.1) is 35.6 Å². The number of aliphatic hydroxyl groups is 1. The number of aromatic nitrogens is 1. The topological polar surface area (TPSA) is 133 Å². The molecule has 0 spiro atoms. The molecule has 0 radical (unpaired) electrons. The van der Waals surface area contributed by atoms with Gasteiger partial charge in [-0.15, -0.1) is 4.59 Å². The number of likely N-dealkylation sites (tertiary alicyclic amines) is 1. The molecule has 0 bridgehead atoms. The molecular formula is C29H31F3N7O3+. The summed E-state index contributed by atoms with van der Waals surface area (Å²) in [6.07, 6.45) is 2.93. The van der Waals surface area contributed by atoms with Crippen LogP contribution in [0.1, 0.15) is 54.6 Å². The van der Waals surface area contributed by atoms with Gasteiger partial charge in [-0.1, -0.05) is 0 Å². The predicted molar refractivity (Wildman–Crippen MR) is 149 cm³/mol. The van der Waals surface area contributed by atoms with E-state index < -0.39 is 23.2 Å². The van der Waals surface area contributed by atoms with Crippen LogP contribution in [0.3, 0.4) is 0 Å². The molecule has 4 heterocycles. The van der Waals surface area contributed by atoms with Crippen LogP contribution in [0.5, 0.6) is 0 Å². The van der Waals surface area contributed by atoms with Crippen LogP contribution in [0.25, 0.3) is 0 Å². The van der Waals surface area contributed by atoms with Gasteiger partial charge in [-0.25, -0.2) is 4.98 Å². The van der Waals surface area contributed by atoms with Gasteiger partial charge >= 0.3 is 6.18 Å². The Morgan fingerprint density at radius 3 is 2.62 bits per heavy atom. The van der Waals surface area contributed by atoms with Crippen LogP contribution in [0, 0.1) is 5.92 Å². The van der Waals surface area contributed by atoms with Gasteiger partial charge in [-0.2, -0.15) is 24.0 Å². The number of piperidine rings is 1. The lowest BCUT2D eigenvalue weighted by molar-refractivity contribution is -0.750. The maximum absolute atomic E-state index is 13.0. The number of halogens is 3. The molecule has 10 nitrogen and oxygen atoms in total. The van der Waals surface area contributed by atoms with Gasteiger partial charge in [0.2, 0.25) is 11.6 Å². The first-order valence-electron chi connectivity index (χ1n) is 13.4. The van der Waals surface area contributed by atoms with E-state index in [1.807, 2.05) is 0 Å². The molecule has 2 atom stereocenters. The zero-order valence-corrected chi connectivity index (χ0v) is 23.1. The second kappa shape index (κ2) is 10.9. The van der Waals surface area contributed by atoms with Gasteiger partial charge < -0.3 is 15.3 Å². The Kier molecular flexibility index (Phi) is 7.60. The smallest absolute Gasteiger partial charge is 0.390 e. The summed E-state index contributed by atoms with van der Waals surface area (Å²) in [6, 6.07) is 7.99. The highest BCUT2D eigenvalue weighted by atomic mass is 19.4. The molecule has 13 heteroatoms. The average molecular weight is 583 g/mol. The van der Waals surface area contributed by atoms with Gasteiger partial charge in [0, 0.05) is 30.8 Å². The Morgan fingerprint density at radius 2 is 1.93 bits per heavy atom.